The number of fused-ring (bicyclic) bond motifs is 1. The molecule has 1 aromatic carbocycles. The highest BCUT2D eigenvalue weighted by Crippen LogP contribution is 2.35. The summed E-state index contributed by atoms with van der Waals surface area (Å²) in [4.78, 5) is 4.82. The third kappa shape index (κ3) is 3.27. The Labute approximate surface area is 153 Å². The Morgan fingerprint density at radius 2 is 1.73 bits per heavy atom. The van der Waals surface area contributed by atoms with Crippen LogP contribution in [0.25, 0.3) is 5.65 Å². The van der Waals surface area contributed by atoms with Gasteiger partial charge in [0.25, 0.3) is 0 Å². The van der Waals surface area contributed by atoms with Crippen LogP contribution in [0.5, 0.6) is 11.5 Å². The van der Waals surface area contributed by atoms with Crippen molar-refractivity contribution in [2.75, 3.05) is 14.2 Å². The summed E-state index contributed by atoms with van der Waals surface area (Å²) in [6.07, 6.45) is 1.97. The number of benzene rings is 1. The van der Waals surface area contributed by atoms with Gasteiger partial charge in [0, 0.05) is 17.7 Å². The van der Waals surface area contributed by atoms with Crippen molar-refractivity contribution in [3.63, 3.8) is 0 Å². The number of pyridine rings is 1. The minimum Gasteiger partial charge on any atom is -0.493 e. The SMILES string of the molecule is COc1ccc(N=Nc2c(C(C)(C)C)nc3c(C)cccn23)cc1OC. The van der Waals surface area contributed by atoms with Crippen LogP contribution < -0.4 is 9.47 Å². The number of methoxy groups -OCH3 is 2. The molecule has 136 valence electrons. The van der Waals surface area contributed by atoms with E-state index in [9.17, 15) is 0 Å². The molecule has 0 bridgehead atoms. The van der Waals surface area contributed by atoms with Gasteiger partial charge in [0.05, 0.1) is 25.6 Å². The first-order valence-electron chi connectivity index (χ1n) is 8.47. The minimum absolute atomic E-state index is 0.148. The van der Waals surface area contributed by atoms with Crippen LogP contribution in [0.1, 0.15) is 32.0 Å². The topological polar surface area (TPSA) is 60.5 Å². The van der Waals surface area contributed by atoms with Crippen LogP contribution in [0.2, 0.25) is 0 Å². The van der Waals surface area contributed by atoms with Crippen molar-refractivity contribution in [1.29, 1.82) is 0 Å². The molecular formula is C20H24N4O2. The van der Waals surface area contributed by atoms with E-state index in [1.807, 2.05) is 41.8 Å². The molecule has 0 unspecified atom stereocenters. The van der Waals surface area contributed by atoms with E-state index in [1.54, 1.807) is 20.3 Å². The average Bonchev–Trinajstić information content (AvgIpc) is 3.00. The van der Waals surface area contributed by atoms with Crippen LogP contribution in [0.4, 0.5) is 11.5 Å². The first kappa shape index (κ1) is 17.9. The molecule has 6 heteroatoms. The molecule has 2 heterocycles. The first-order valence-corrected chi connectivity index (χ1v) is 8.47. The van der Waals surface area contributed by atoms with Crippen LogP contribution in [-0.2, 0) is 5.41 Å². The number of azo groups is 1. The lowest BCUT2D eigenvalue weighted by Gasteiger charge is -2.15. The van der Waals surface area contributed by atoms with Crippen molar-refractivity contribution >= 4 is 17.2 Å². The maximum atomic E-state index is 5.33. The molecular weight excluding hydrogens is 328 g/mol. The third-order valence-corrected chi connectivity index (χ3v) is 4.16. The lowest BCUT2D eigenvalue weighted by atomic mass is 9.92. The van der Waals surface area contributed by atoms with Crippen molar-refractivity contribution < 1.29 is 9.47 Å². The predicted octanol–water partition coefficient (Wildman–Crippen LogP) is 5.37. The lowest BCUT2D eigenvalue weighted by Crippen LogP contribution is -2.11. The number of aromatic nitrogens is 2. The highest BCUT2D eigenvalue weighted by molar-refractivity contribution is 5.58. The van der Waals surface area contributed by atoms with Gasteiger partial charge in [-0.2, -0.15) is 0 Å². The predicted molar refractivity (Wildman–Crippen MR) is 102 cm³/mol. The van der Waals surface area contributed by atoms with Gasteiger partial charge in [-0.25, -0.2) is 4.98 Å². The number of hydrogen-bond acceptors (Lipinski definition) is 5. The maximum Gasteiger partial charge on any atom is 0.183 e. The van der Waals surface area contributed by atoms with Gasteiger partial charge in [0.15, 0.2) is 17.3 Å². The molecule has 0 aliphatic heterocycles. The molecule has 6 nitrogen and oxygen atoms in total. The monoisotopic (exact) mass is 352 g/mol. The molecule has 0 amide bonds. The Bertz CT molecular complexity index is 968. The van der Waals surface area contributed by atoms with E-state index < -0.39 is 0 Å². The van der Waals surface area contributed by atoms with E-state index in [2.05, 4.69) is 31.0 Å². The van der Waals surface area contributed by atoms with Gasteiger partial charge in [-0.05, 0) is 30.7 Å². The lowest BCUT2D eigenvalue weighted by molar-refractivity contribution is 0.355. The molecule has 0 N–H and O–H groups in total. The van der Waals surface area contributed by atoms with Gasteiger partial charge in [0.2, 0.25) is 0 Å². The number of nitrogens with zero attached hydrogens (tertiary/aromatic N) is 4. The molecule has 0 fully saturated rings. The Hall–Kier alpha value is -2.89. The van der Waals surface area contributed by atoms with Gasteiger partial charge in [-0.15, -0.1) is 10.2 Å². The van der Waals surface area contributed by atoms with Crippen LogP contribution >= 0.6 is 0 Å². The zero-order valence-corrected chi connectivity index (χ0v) is 16.1. The normalized spacial score (nSPS) is 12.1. The molecule has 2 aromatic heterocycles. The second-order valence-electron chi connectivity index (χ2n) is 7.16. The third-order valence-electron chi connectivity index (χ3n) is 4.16. The van der Waals surface area contributed by atoms with Gasteiger partial charge in [-0.1, -0.05) is 26.8 Å². The number of aryl methyl sites for hydroxylation is 1. The van der Waals surface area contributed by atoms with Crippen molar-refractivity contribution in [2.24, 2.45) is 10.2 Å². The fourth-order valence-corrected chi connectivity index (χ4v) is 2.78. The second-order valence-corrected chi connectivity index (χ2v) is 7.16. The van der Waals surface area contributed by atoms with Crippen molar-refractivity contribution in [2.45, 2.75) is 33.1 Å². The van der Waals surface area contributed by atoms with Crippen molar-refractivity contribution in [3.8, 4) is 11.5 Å². The van der Waals surface area contributed by atoms with Crippen LogP contribution in [0.15, 0.2) is 46.8 Å². The number of imidazole rings is 1. The van der Waals surface area contributed by atoms with E-state index >= 15 is 0 Å². The summed E-state index contributed by atoms with van der Waals surface area (Å²) in [6, 6.07) is 9.50. The van der Waals surface area contributed by atoms with Crippen LogP contribution in [0.3, 0.4) is 0 Å². The molecule has 3 aromatic rings. The highest BCUT2D eigenvalue weighted by Gasteiger charge is 2.24. The number of hydrogen-bond donors (Lipinski definition) is 0. The minimum atomic E-state index is -0.148. The van der Waals surface area contributed by atoms with Crippen molar-refractivity contribution in [1.82, 2.24) is 9.38 Å². The van der Waals surface area contributed by atoms with Crippen molar-refractivity contribution in [3.05, 3.63) is 47.8 Å². The van der Waals surface area contributed by atoms with E-state index in [0.29, 0.717) is 17.2 Å². The summed E-state index contributed by atoms with van der Waals surface area (Å²) < 4.78 is 12.6. The Balaban J connectivity index is 2.11. The average molecular weight is 352 g/mol. The Kier molecular flexibility index (Phi) is 4.68. The van der Waals surface area contributed by atoms with Crippen LogP contribution in [0, 0.1) is 6.92 Å². The largest absolute Gasteiger partial charge is 0.493 e. The second kappa shape index (κ2) is 6.78. The van der Waals surface area contributed by atoms with Gasteiger partial charge in [-0.3, -0.25) is 4.40 Å². The highest BCUT2D eigenvalue weighted by atomic mass is 16.5. The maximum absolute atomic E-state index is 5.33. The fourth-order valence-electron chi connectivity index (χ4n) is 2.78. The Morgan fingerprint density at radius 1 is 1.00 bits per heavy atom. The molecule has 3 rings (SSSR count). The van der Waals surface area contributed by atoms with E-state index in [-0.39, 0.29) is 5.41 Å². The molecule has 0 saturated carbocycles. The van der Waals surface area contributed by atoms with E-state index in [0.717, 1.165) is 22.7 Å². The molecule has 0 aliphatic rings. The first-order chi connectivity index (χ1) is 12.3. The summed E-state index contributed by atoms with van der Waals surface area (Å²) in [5.74, 6) is 2.02. The summed E-state index contributed by atoms with van der Waals surface area (Å²) in [5, 5.41) is 8.95. The standard InChI is InChI=1S/C20H24N4O2/c1-13-8-7-11-24-18(13)21-17(20(2,3)4)19(24)23-22-14-9-10-15(25-5)16(12-14)26-6/h7-12H,1-6H3. The molecule has 26 heavy (non-hydrogen) atoms. The quantitative estimate of drug-likeness (QED) is 0.593. The summed E-state index contributed by atoms with van der Waals surface area (Å²) in [7, 11) is 3.21. The molecule has 0 spiro atoms. The summed E-state index contributed by atoms with van der Waals surface area (Å²) in [5.41, 5.74) is 3.45. The molecule has 0 radical (unpaired) electrons. The number of ether oxygens (including phenoxy) is 2. The zero-order chi connectivity index (χ0) is 18.9. The molecule has 0 atom stereocenters. The van der Waals surface area contributed by atoms with E-state index in [4.69, 9.17) is 14.5 Å². The van der Waals surface area contributed by atoms with Gasteiger partial charge >= 0.3 is 0 Å². The smallest absolute Gasteiger partial charge is 0.183 e. The van der Waals surface area contributed by atoms with Crippen LogP contribution in [-0.4, -0.2) is 23.6 Å². The zero-order valence-electron chi connectivity index (χ0n) is 16.1. The fraction of sp³-hybridized carbons (Fsp3) is 0.350. The molecule has 0 saturated heterocycles. The van der Waals surface area contributed by atoms with E-state index in [1.165, 1.54) is 0 Å². The van der Waals surface area contributed by atoms with Gasteiger partial charge in [0.1, 0.15) is 5.65 Å². The summed E-state index contributed by atoms with van der Waals surface area (Å²) >= 11 is 0. The number of rotatable bonds is 4. The Morgan fingerprint density at radius 3 is 2.38 bits per heavy atom. The van der Waals surface area contributed by atoms with Gasteiger partial charge < -0.3 is 9.47 Å². The summed E-state index contributed by atoms with van der Waals surface area (Å²) in [6.45, 7) is 8.42. The molecule has 0 aliphatic carbocycles.